The monoisotopic (exact) mass is 402 g/mol. The number of aromatic nitrogens is 1. The molecule has 0 amide bonds. The Bertz CT molecular complexity index is 1120. The number of thiophene rings is 1. The molecule has 0 spiro atoms. The van der Waals surface area contributed by atoms with E-state index in [9.17, 15) is 13.2 Å². The number of sulfonamides is 1. The number of nitrogens with zero attached hydrogens (tertiary/aromatic N) is 1. The number of aldehydes is 1. The second-order valence-corrected chi connectivity index (χ2v) is 10.4. The van der Waals surface area contributed by atoms with Crippen molar-refractivity contribution in [3.8, 4) is 11.3 Å². The van der Waals surface area contributed by atoms with E-state index in [0.717, 1.165) is 47.2 Å². The number of rotatable bonds is 4. The van der Waals surface area contributed by atoms with Crippen molar-refractivity contribution in [3.63, 3.8) is 0 Å². The zero-order valence-electron chi connectivity index (χ0n) is 15.4. The molecule has 0 saturated carbocycles. The second kappa shape index (κ2) is 6.89. The molecule has 2 aromatic heterocycles. The van der Waals surface area contributed by atoms with Crippen LogP contribution < -0.4 is 0 Å². The SMILES string of the molecule is Cc1cc(-c2[nH]c3ccc(S(=O)(=O)N4CCCCC4)cc3c2C=O)c(C)s1. The zero-order chi connectivity index (χ0) is 19.2. The van der Waals surface area contributed by atoms with Gasteiger partial charge in [0.2, 0.25) is 10.0 Å². The summed E-state index contributed by atoms with van der Waals surface area (Å²) in [6.07, 6.45) is 3.68. The summed E-state index contributed by atoms with van der Waals surface area (Å²) in [5.74, 6) is 0. The number of hydrogen-bond donors (Lipinski definition) is 1. The van der Waals surface area contributed by atoms with Crippen LogP contribution in [-0.4, -0.2) is 37.1 Å². The molecular weight excluding hydrogens is 380 g/mol. The van der Waals surface area contributed by atoms with Crippen molar-refractivity contribution in [1.82, 2.24) is 9.29 Å². The largest absolute Gasteiger partial charge is 0.354 e. The van der Waals surface area contributed by atoms with Crippen molar-refractivity contribution in [2.24, 2.45) is 0 Å². The van der Waals surface area contributed by atoms with Crippen LogP contribution in [0.15, 0.2) is 29.2 Å². The molecule has 27 heavy (non-hydrogen) atoms. The van der Waals surface area contributed by atoms with Gasteiger partial charge in [0.15, 0.2) is 6.29 Å². The molecule has 3 aromatic rings. The molecule has 1 aromatic carbocycles. The molecule has 0 bridgehead atoms. The van der Waals surface area contributed by atoms with Crippen LogP contribution in [0.2, 0.25) is 0 Å². The van der Waals surface area contributed by atoms with Gasteiger partial charge in [-0.3, -0.25) is 4.79 Å². The number of aryl methyl sites for hydroxylation is 2. The third-order valence-corrected chi connectivity index (χ3v) is 8.05. The van der Waals surface area contributed by atoms with Gasteiger partial charge in [-0.15, -0.1) is 11.3 Å². The van der Waals surface area contributed by atoms with Crippen LogP contribution >= 0.6 is 11.3 Å². The molecule has 142 valence electrons. The van der Waals surface area contributed by atoms with Gasteiger partial charge < -0.3 is 4.98 Å². The molecule has 0 unspecified atom stereocenters. The minimum absolute atomic E-state index is 0.253. The van der Waals surface area contributed by atoms with Crippen molar-refractivity contribution in [2.45, 2.75) is 38.0 Å². The van der Waals surface area contributed by atoms with Crippen molar-refractivity contribution in [1.29, 1.82) is 0 Å². The number of H-pyrrole nitrogens is 1. The second-order valence-electron chi connectivity index (χ2n) is 7.03. The molecule has 4 rings (SSSR count). The molecule has 1 aliphatic heterocycles. The number of aromatic amines is 1. The van der Waals surface area contributed by atoms with Crippen molar-refractivity contribution in [3.05, 3.63) is 39.6 Å². The number of fused-ring (bicyclic) bond motifs is 1. The quantitative estimate of drug-likeness (QED) is 0.653. The maximum Gasteiger partial charge on any atom is 0.243 e. The first-order valence-corrected chi connectivity index (χ1v) is 11.4. The lowest BCUT2D eigenvalue weighted by molar-refractivity contribution is 0.112. The van der Waals surface area contributed by atoms with E-state index in [1.165, 1.54) is 4.88 Å². The molecule has 3 heterocycles. The smallest absolute Gasteiger partial charge is 0.243 e. The van der Waals surface area contributed by atoms with E-state index < -0.39 is 10.0 Å². The van der Waals surface area contributed by atoms with Gasteiger partial charge in [0.05, 0.1) is 10.6 Å². The van der Waals surface area contributed by atoms with Crippen LogP contribution in [-0.2, 0) is 10.0 Å². The summed E-state index contributed by atoms with van der Waals surface area (Å²) >= 11 is 1.68. The van der Waals surface area contributed by atoms with Gasteiger partial charge >= 0.3 is 0 Å². The Morgan fingerprint density at radius 1 is 1.11 bits per heavy atom. The van der Waals surface area contributed by atoms with Crippen LogP contribution in [0.1, 0.15) is 39.4 Å². The molecule has 0 aliphatic carbocycles. The van der Waals surface area contributed by atoms with Gasteiger partial charge in [-0.25, -0.2) is 8.42 Å². The van der Waals surface area contributed by atoms with E-state index in [1.807, 2.05) is 13.8 Å². The summed E-state index contributed by atoms with van der Waals surface area (Å²) in [4.78, 5) is 17.7. The van der Waals surface area contributed by atoms with Crippen molar-refractivity contribution < 1.29 is 13.2 Å². The summed E-state index contributed by atoms with van der Waals surface area (Å²) < 4.78 is 27.5. The first-order valence-electron chi connectivity index (χ1n) is 9.10. The Hall–Kier alpha value is -1.96. The minimum atomic E-state index is -3.53. The molecular formula is C20H22N2O3S2. The molecule has 0 atom stereocenters. The lowest BCUT2D eigenvalue weighted by Crippen LogP contribution is -2.35. The fourth-order valence-electron chi connectivity index (χ4n) is 3.82. The molecule has 1 N–H and O–H groups in total. The topological polar surface area (TPSA) is 70.2 Å². The van der Waals surface area contributed by atoms with Gasteiger partial charge in [0.1, 0.15) is 0 Å². The maximum atomic E-state index is 13.0. The lowest BCUT2D eigenvalue weighted by Gasteiger charge is -2.25. The highest BCUT2D eigenvalue weighted by Crippen LogP contribution is 2.36. The Balaban J connectivity index is 1.85. The minimum Gasteiger partial charge on any atom is -0.354 e. The maximum absolute atomic E-state index is 13.0. The summed E-state index contributed by atoms with van der Waals surface area (Å²) in [5.41, 5.74) is 3.04. The van der Waals surface area contributed by atoms with Crippen molar-refractivity contribution in [2.75, 3.05) is 13.1 Å². The van der Waals surface area contributed by atoms with E-state index >= 15 is 0 Å². The van der Waals surface area contributed by atoms with Crippen LogP contribution in [0, 0.1) is 13.8 Å². The highest BCUT2D eigenvalue weighted by atomic mass is 32.2. The summed E-state index contributed by atoms with van der Waals surface area (Å²) in [6.45, 7) is 5.19. The molecule has 7 heteroatoms. The lowest BCUT2D eigenvalue weighted by atomic mass is 10.1. The van der Waals surface area contributed by atoms with Gasteiger partial charge in [0, 0.05) is 44.9 Å². The van der Waals surface area contributed by atoms with Crippen molar-refractivity contribution >= 4 is 38.5 Å². The Labute approximate surface area is 163 Å². The van der Waals surface area contributed by atoms with Gasteiger partial charge in [-0.2, -0.15) is 4.31 Å². The molecule has 1 saturated heterocycles. The molecule has 0 radical (unpaired) electrons. The van der Waals surface area contributed by atoms with E-state index in [-0.39, 0.29) is 4.90 Å². The zero-order valence-corrected chi connectivity index (χ0v) is 17.0. The van der Waals surface area contributed by atoms with Crippen LogP contribution in [0.5, 0.6) is 0 Å². The third kappa shape index (κ3) is 3.13. The van der Waals surface area contributed by atoms with Gasteiger partial charge in [-0.05, 0) is 51.0 Å². The summed E-state index contributed by atoms with van der Waals surface area (Å²) in [6, 6.07) is 7.09. The normalized spacial score (nSPS) is 16.1. The standard InChI is InChI=1S/C20H22N2O3S2/c1-13-10-16(14(2)26-13)20-18(12-23)17-11-15(6-7-19(17)21-20)27(24,25)22-8-4-3-5-9-22/h6-7,10-12,21H,3-5,8-9H2,1-2H3. The van der Waals surface area contributed by atoms with E-state index in [2.05, 4.69) is 11.1 Å². The highest BCUT2D eigenvalue weighted by Gasteiger charge is 2.27. The molecule has 5 nitrogen and oxygen atoms in total. The van der Waals surface area contributed by atoms with Gasteiger partial charge in [-0.1, -0.05) is 6.42 Å². The Morgan fingerprint density at radius 2 is 1.85 bits per heavy atom. The number of carbonyl (C=O) groups is 1. The fraction of sp³-hybridized carbons (Fsp3) is 0.350. The van der Waals surface area contributed by atoms with E-state index in [4.69, 9.17) is 0 Å². The number of piperidine rings is 1. The summed E-state index contributed by atoms with van der Waals surface area (Å²) in [5, 5.41) is 0.654. The van der Waals surface area contributed by atoms with E-state index in [1.54, 1.807) is 33.8 Å². The first kappa shape index (κ1) is 18.4. The van der Waals surface area contributed by atoms with Gasteiger partial charge in [0.25, 0.3) is 0 Å². The number of hydrogen-bond acceptors (Lipinski definition) is 4. The van der Waals surface area contributed by atoms with E-state index in [0.29, 0.717) is 24.0 Å². The third-order valence-electron chi connectivity index (χ3n) is 5.19. The summed E-state index contributed by atoms with van der Waals surface area (Å²) in [7, 11) is -3.53. The van der Waals surface area contributed by atoms with Crippen LogP contribution in [0.3, 0.4) is 0 Å². The number of carbonyl (C=O) groups excluding carboxylic acids is 1. The predicted molar refractivity (Wildman–Crippen MR) is 109 cm³/mol. The molecule has 1 fully saturated rings. The fourth-order valence-corrected chi connectivity index (χ4v) is 6.30. The van der Waals surface area contributed by atoms with Crippen LogP contribution in [0.4, 0.5) is 0 Å². The number of nitrogens with one attached hydrogen (secondary N) is 1. The average molecular weight is 403 g/mol. The first-order chi connectivity index (χ1) is 12.9. The Morgan fingerprint density at radius 3 is 2.48 bits per heavy atom. The number of benzene rings is 1. The predicted octanol–water partition coefficient (Wildman–Crippen LogP) is 4.50. The Kier molecular flexibility index (Phi) is 4.70. The van der Waals surface area contributed by atoms with Crippen LogP contribution in [0.25, 0.3) is 22.2 Å². The average Bonchev–Trinajstić information content (AvgIpc) is 3.20. The highest BCUT2D eigenvalue weighted by molar-refractivity contribution is 7.89. The molecule has 1 aliphatic rings.